The maximum absolute atomic E-state index is 12.4. The summed E-state index contributed by atoms with van der Waals surface area (Å²) < 4.78 is 5.29. The Morgan fingerprint density at radius 1 is 1.05 bits per heavy atom. The predicted octanol–water partition coefficient (Wildman–Crippen LogP) is 3.31. The highest BCUT2D eigenvalue weighted by Crippen LogP contribution is 2.32. The minimum atomic E-state index is -0.335. The molecule has 3 heteroatoms. The molecule has 3 nitrogen and oxygen atoms in total. The number of nitrogens with zero attached hydrogens (tertiary/aromatic N) is 1. The van der Waals surface area contributed by atoms with Gasteiger partial charge in [-0.25, -0.2) is 4.79 Å². The number of carbonyl (C=O) groups excluding carboxylic acids is 1. The van der Waals surface area contributed by atoms with Gasteiger partial charge in [0.25, 0.3) is 0 Å². The van der Waals surface area contributed by atoms with Crippen LogP contribution in [0.1, 0.15) is 29.7 Å². The van der Waals surface area contributed by atoms with Crippen molar-refractivity contribution in [2.75, 3.05) is 6.61 Å². The van der Waals surface area contributed by atoms with E-state index in [2.05, 4.69) is 17.0 Å². The third kappa shape index (κ3) is 2.83. The van der Waals surface area contributed by atoms with E-state index in [1.165, 1.54) is 11.1 Å². The van der Waals surface area contributed by atoms with Crippen LogP contribution in [0.2, 0.25) is 0 Å². The maximum Gasteiger partial charge on any atom is 0.328 e. The van der Waals surface area contributed by atoms with Gasteiger partial charge in [-0.15, -0.1) is 0 Å². The number of hydrogen-bond donors (Lipinski definition) is 0. The molecule has 0 aliphatic carbocycles. The Balaban J connectivity index is 1.89. The predicted molar refractivity (Wildman–Crippen MR) is 81.5 cm³/mol. The van der Waals surface area contributed by atoms with E-state index >= 15 is 0 Å². The lowest BCUT2D eigenvalue weighted by atomic mass is 10.1. The monoisotopic (exact) mass is 281 g/mol. The first-order valence-electron chi connectivity index (χ1n) is 7.32. The molecular formula is C18H19NO2. The van der Waals surface area contributed by atoms with E-state index in [0.717, 1.165) is 18.7 Å². The third-order valence-corrected chi connectivity index (χ3v) is 3.86. The summed E-state index contributed by atoms with van der Waals surface area (Å²) in [4.78, 5) is 14.6. The lowest BCUT2D eigenvalue weighted by molar-refractivity contribution is -0.150. The van der Waals surface area contributed by atoms with Crippen molar-refractivity contribution in [3.05, 3.63) is 71.3 Å². The van der Waals surface area contributed by atoms with E-state index in [4.69, 9.17) is 4.74 Å². The highest BCUT2D eigenvalue weighted by Gasteiger charge is 2.32. The number of ether oxygens (including phenoxy) is 1. The first-order chi connectivity index (χ1) is 10.3. The Hall–Kier alpha value is -2.13. The van der Waals surface area contributed by atoms with Gasteiger partial charge >= 0.3 is 5.97 Å². The molecule has 0 saturated carbocycles. The van der Waals surface area contributed by atoms with Crippen LogP contribution < -0.4 is 0 Å². The second kappa shape index (κ2) is 6.10. The van der Waals surface area contributed by atoms with Gasteiger partial charge in [0.1, 0.15) is 6.04 Å². The van der Waals surface area contributed by atoms with Gasteiger partial charge in [0.15, 0.2) is 0 Å². The first kappa shape index (κ1) is 13.8. The van der Waals surface area contributed by atoms with Crippen LogP contribution in [0.25, 0.3) is 0 Å². The normalized spacial score (nSPS) is 15.5. The fourth-order valence-corrected chi connectivity index (χ4v) is 2.89. The zero-order valence-electron chi connectivity index (χ0n) is 12.2. The molecule has 2 aromatic rings. The van der Waals surface area contributed by atoms with Crippen molar-refractivity contribution >= 4 is 5.97 Å². The van der Waals surface area contributed by atoms with Gasteiger partial charge in [-0.1, -0.05) is 54.6 Å². The molecule has 108 valence electrons. The number of esters is 1. The molecule has 0 bridgehead atoms. The molecule has 0 radical (unpaired) electrons. The summed E-state index contributed by atoms with van der Waals surface area (Å²) in [6, 6.07) is 17.9. The molecule has 0 fully saturated rings. The summed E-state index contributed by atoms with van der Waals surface area (Å²) in [5.41, 5.74) is 3.58. The summed E-state index contributed by atoms with van der Waals surface area (Å²) in [7, 11) is 0. The van der Waals surface area contributed by atoms with Crippen molar-refractivity contribution in [1.82, 2.24) is 4.90 Å². The van der Waals surface area contributed by atoms with Crippen LogP contribution in [0.5, 0.6) is 0 Å². The topological polar surface area (TPSA) is 29.5 Å². The molecule has 2 aromatic carbocycles. The number of rotatable bonds is 4. The lowest BCUT2D eigenvalue weighted by Crippen LogP contribution is -2.31. The summed E-state index contributed by atoms with van der Waals surface area (Å²) in [6.45, 7) is 3.82. The van der Waals surface area contributed by atoms with Crippen molar-refractivity contribution in [1.29, 1.82) is 0 Å². The Kier molecular flexibility index (Phi) is 4.02. The van der Waals surface area contributed by atoms with Crippen LogP contribution >= 0.6 is 0 Å². The molecule has 1 aliphatic rings. The molecule has 1 heterocycles. The molecule has 0 aromatic heterocycles. The zero-order valence-corrected chi connectivity index (χ0v) is 12.2. The van der Waals surface area contributed by atoms with Crippen LogP contribution in [0.15, 0.2) is 54.6 Å². The average Bonchev–Trinajstić information content (AvgIpc) is 2.92. The van der Waals surface area contributed by atoms with E-state index in [9.17, 15) is 4.79 Å². The standard InChI is InChI=1S/C18H19NO2/c1-2-21-18(20)17(14-8-4-3-5-9-14)19-12-15-10-6-7-11-16(15)13-19/h3-11,17H,2,12-13H2,1H3. The first-order valence-corrected chi connectivity index (χ1v) is 7.32. The molecule has 3 rings (SSSR count). The van der Waals surface area contributed by atoms with Gasteiger partial charge in [-0.2, -0.15) is 0 Å². The Morgan fingerprint density at radius 2 is 1.62 bits per heavy atom. The minimum Gasteiger partial charge on any atom is -0.465 e. The maximum atomic E-state index is 12.4. The fraction of sp³-hybridized carbons (Fsp3) is 0.278. The number of hydrogen-bond acceptors (Lipinski definition) is 3. The lowest BCUT2D eigenvalue weighted by Gasteiger charge is -2.26. The van der Waals surface area contributed by atoms with Gasteiger partial charge < -0.3 is 4.74 Å². The van der Waals surface area contributed by atoms with Crippen LogP contribution in [0.4, 0.5) is 0 Å². The van der Waals surface area contributed by atoms with Gasteiger partial charge in [-0.05, 0) is 23.6 Å². The number of carbonyl (C=O) groups is 1. The average molecular weight is 281 g/mol. The van der Waals surface area contributed by atoms with Gasteiger partial charge in [0.2, 0.25) is 0 Å². The summed E-state index contributed by atoms with van der Waals surface area (Å²) in [5, 5.41) is 0. The molecular weight excluding hydrogens is 262 g/mol. The highest BCUT2D eigenvalue weighted by molar-refractivity contribution is 5.77. The Labute approximate surface area is 125 Å². The second-order valence-corrected chi connectivity index (χ2v) is 5.24. The quantitative estimate of drug-likeness (QED) is 0.805. The molecule has 21 heavy (non-hydrogen) atoms. The smallest absolute Gasteiger partial charge is 0.328 e. The Morgan fingerprint density at radius 3 is 2.19 bits per heavy atom. The molecule has 0 amide bonds. The van der Waals surface area contributed by atoms with E-state index < -0.39 is 0 Å². The Bertz CT molecular complexity index is 599. The SMILES string of the molecule is CCOC(=O)C(c1ccccc1)N1Cc2ccccc2C1. The van der Waals surface area contributed by atoms with Gasteiger partial charge in [0, 0.05) is 13.1 Å². The number of benzene rings is 2. The van der Waals surface area contributed by atoms with Gasteiger partial charge in [-0.3, -0.25) is 4.90 Å². The molecule has 1 atom stereocenters. The third-order valence-electron chi connectivity index (χ3n) is 3.86. The number of fused-ring (bicyclic) bond motifs is 1. The van der Waals surface area contributed by atoms with Crippen molar-refractivity contribution in [3.63, 3.8) is 0 Å². The minimum absolute atomic E-state index is 0.170. The van der Waals surface area contributed by atoms with Crippen molar-refractivity contribution in [3.8, 4) is 0 Å². The van der Waals surface area contributed by atoms with Crippen molar-refractivity contribution < 1.29 is 9.53 Å². The van der Waals surface area contributed by atoms with E-state index in [0.29, 0.717) is 6.61 Å². The molecule has 0 saturated heterocycles. The van der Waals surface area contributed by atoms with E-state index in [1.54, 1.807) is 0 Å². The zero-order chi connectivity index (χ0) is 14.7. The molecule has 0 N–H and O–H groups in total. The second-order valence-electron chi connectivity index (χ2n) is 5.24. The van der Waals surface area contributed by atoms with Crippen molar-refractivity contribution in [2.45, 2.75) is 26.1 Å². The van der Waals surface area contributed by atoms with E-state index in [-0.39, 0.29) is 12.0 Å². The van der Waals surface area contributed by atoms with E-state index in [1.807, 2.05) is 49.4 Å². The largest absolute Gasteiger partial charge is 0.465 e. The highest BCUT2D eigenvalue weighted by atomic mass is 16.5. The van der Waals surface area contributed by atoms with Crippen LogP contribution in [-0.2, 0) is 22.6 Å². The van der Waals surface area contributed by atoms with Crippen molar-refractivity contribution in [2.24, 2.45) is 0 Å². The summed E-state index contributed by atoms with van der Waals surface area (Å²) in [5.74, 6) is -0.170. The molecule has 1 aliphatic heterocycles. The van der Waals surface area contributed by atoms with Crippen LogP contribution in [0.3, 0.4) is 0 Å². The van der Waals surface area contributed by atoms with Crippen LogP contribution in [0, 0.1) is 0 Å². The van der Waals surface area contributed by atoms with Gasteiger partial charge in [0.05, 0.1) is 6.61 Å². The molecule has 1 unspecified atom stereocenters. The summed E-state index contributed by atoms with van der Waals surface area (Å²) >= 11 is 0. The molecule has 0 spiro atoms. The fourth-order valence-electron chi connectivity index (χ4n) is 2.89. The summed E-state index contributed by atoms with van der Waals surface area (Å²) in [6.07, 6.45) is 0. The van der Waals surface area contributed by atoms with Crippen LogP contribution in [-0.4, -0.2) is 17.5 Å².